The van der Waals surface area contributed by atoms with Crippen LogP contribution in [-0.4, -0.2) is 38.3 Å². The van der Waals surface area contributed by atoms with E-state index in [1.54, 1.807) is 43.3 Å². The lowest BCUT2D eigenvalue weighted by Gasteiger charge is -2.46. The van der Waals surface area contributed by atoms with Crippen LogP contribution in [0.15, 0.2) is 58.5 Å². The highest BCUT2D eigenvalue weighted by Gasteiger charge is 2.65. The van der Waals surface area contributed by atoms with Gasteiger partial charge < -0.3 is 5.11 Å². The Balaban J connectivity index is 1.79. The maximum atomic E-state index is 15.9. The van der Waals surface area contributed by atoms with Crippen LogP contribution in [0.2, 0.25) is 0 Å². The van der Waals surface area contributed by atoms with E-state index < -0.39 is 22.9 Å². The number of aromatic nitrogens is 2. The Morgan fingerprint density at radius 3 is 2.71 bits per heavy atom. The van der Waals surface area contributed by atoms with E-state index in [0.717, 1.165) is 6.92 Å². The number of hydrogen-bond acceptors (Lipinski definition) is 5. The Kier molecular flexibility index (Phi) is 5.34. The number of thioether (sulfide) groups is 1. The molecule has 3 aromatic rings. The van der Waals surface area contributed by atoms with Crippen LogP contribution in [0.25, 0.3) is 10.9 Å². The standard InChI is InChI=1S/C23H22F3N3OS/c1-14-27-13-15-17(28-14)8-6-9-18(15)29-20(24)22(3,30)23(25,26)21(2)11-12-31-19-10-5-4-7-16(19)21/h4-10,13,30H,11-12H2,1-3H3. The van der Waals surface area contributed by atoms with Crippen LogP contribution in [0, 0.1) is 6.92 Å². The molecule has 0 saturated carbocycles. The second kappa shape index (κ2) is 7.60. The van der Waals surface area contributed by atoms with Gasteiger partial charge in [0.2, 0.25) is 5.97 Å². The second-order valence-electron chi connectivity index (χ2n) is 8.10. The molecule has 1 aromatic heterocycles. The van der Waals surface area contributed by atoms with Crippen LogP contribution in [0.4, 0.5) is 18.9 Å². The first-order valence-corrected chi connectivity index (χ1v) is 10.9. The first kappa shape index (κ1) is 21.8. The third-order valence-corrected chi connectivity index (χ3v) is 7.06. The molecule has 0 bridgehead atoms. The predicted molar refractivity (Wildman–Crippen MR) is 117 cm³/mol. The number of fused-ring (bicyclic) bond motifs is 2. The first-order valence-electron chi connectivity index (χ1n) is 9.87. The van der Waals surface area contributed by atoms with Gasteiger partial charge in [0, 0.05) is 16.5 Å². The van der Waals surface area contributed by atoms with Crippen LogP contribution >= 0.6 is 11.8 Å². The van der Waals surface area contributed by atoms with Crippen LogP contribution in [0.1, 0.15) is 31.7 Å². The Hall–Kier alpha value is -2.45. The van der Waals surface area contributed by atoms with Crippen molar-refractivity contribution in [2.45, 2.75) is 49.0 Å². The Morgan fingerprint density at radius 1 is 1.19 bits per heavy atom. The van der Waals surface area contributed by atoms with Crippen molar-refractivity contribution >= 4 is 34.3 Å². The molecule has 31 heavy (non-hydrogen) atoms. The fourth-order valence-electron chi connectivity index (χ4n) is 3.99. The summed E-state index contributed by atoms with van der Waals surface area (Å²) in [6.45, 7) is 3.87. The quantitative estimate of drug-likeness (QED) is 0.518. The molecule has 1 aliphatic heterocycles. The zero-order chi connectivity index (χ0) is 22.4. The normalized spacial score (nSPS) is 21.6. The van der Waals surface area contributed by atoms with E-state index >= 15 is 13.2 Å². The number of nitrogens with zero attached hydrogens (tertiary/aromatic N) is 3. The fraction of sp³-hybridized carbons (Fsp3) is 0.348. The molecule has 2 atom stereocenters. The topological polar surface area (TPSA) is 58.4 Å². The number of aliphatic imine (C=N–C) groups is 1. The van der Waals surface area contributed by atoms with Crippen LogP contribution in [-0.2, 0) is 5.41 Å². The number of benzene rings is 2. The van der Waals surface area contributed by atoms with Crippen LogP contribution < -0.4 is 0 Å². The van der Waals surface area contributed by atoms with Crippen molar-refractivity contribution in [3.63, 3.8) is 0 Å². The highest BCUT2D eigenvalue weighted by Crippen LogP contribution is 2.54. The van der Waals surface area contributed by atoms with Crippen LogP contribution in [0.5, 0.6) is 0 Å². The molecule has 2 aromatic carbocycles. The average Bonchev–Trinajstić information content (AvgIpc) is 2.73. The third kappa shape index (κ3) is 3.42. The van der Waals surface area contributed by atoms with E-state index in [0.29, 0.717) is 32.9 Å². The molecule has 0 spiro atoms. The van der Waals surface area contributed by atoms with Gasteiger partial charge in [-0.05, 0) is 56.7 Å². The van der Waals surface area contributed by atoms with Gasteiger partial charge in [-0.2, -0.15) is 4.39 Å². The Bertz CT molecular complexity index is 1180. The lowest BCUT2D eigenvalue weighted by atomic mass is 9.68. The molecule has 4 nitrogen and oxygen atoms in total. The van der Waals surface area contributed by atoms with Crippen molar-refractivity contribution in [3.05, 3.63) is 60.0 Å². The monoisotopic (exact) mass is 445 g/mol. The van der Waals surface area contributed by atoms with E-state index in [1.165, 1.54) is 30.9 Å². The summed E-state index contributed by atoms with van der Waals surface area (Å²) in [5, 5.41) is 11.2. The molecule has 0 amide bonds. The van der Waals surface area contributed by atoms with Gasteiger partial charge in [0.25, 0.3) is 5.92 Å². The van der Waals surface area contributed by atoms with Gasteiger partial charge in [-0.1, -0.05) is 24.3 Å². The van der Waals surface area contributed by atoms with Gasteiger partial charge in [0.15, 0.2) is 5.60 Å². The van der Waals surface area contributed by atoms with Gasteiger partial charge >= 0.3 is 0 Å². The molecule has 0 aliphatic carbocycles. The third-order valence-electron chi connectivity index (χ3n) is 5.99. The number of aryl methyl sites for hydroxylation is 1. The molecule has 2 heterocycles. The summed E-state index contributed by atoms with van der Waals surface area (Å²) in [6.07, 6.45) is 1.55. The Morgan fingerprint density at radius 2 is 1.94 bits per heavy atom. The minimum Gasteiger partial charge on any atom is -0.376 e. The van der Waals surface area contributed by atoms with Crippen molar-refractivity contribution in [2.75, 3.05) is 5.75 Å². The molecular weight excluding hydrogens is 423 g/mol. The highest BCUT2D eigenvalue weighted by atomic mass is 32.2. The minimum atomic E-state index is -3.83. The van der Waals surface area contributed by atoms with Crippen molar-refractivity contribution in [3.8, 4) is 0 Å². The van der Waals surface area contributed by atoms with Gasteiger partial charge in [-0.25, -0.2) is 23.7 Å². The molecule has 162 valence electrons. The molecule has 0 fully saturated rings. The summed E-state index contributed by atoms with van der Waals surface area (Å²) in [5.41, 5.74) is -3.89. The molecule has 8 heteroatoms. The van der Waals surface area contributed by atoms with Crippen molar-refractivity contribution in [1.29, 1.82) is 0 Å². The number of alkyl halides is 2. The molecule has 1 N–H and O–H groups in total. The molecule has 1 aliphatic rings. The number of rotatable bonds is 4. The van der Waals surface area contributed by atoms with E-state index in [9.17, 15) is 5.11 Å². The zero-order valence-electron chi connectivity index (χ0n) is 17.4. The first-order chi connectivity index (χ1) is 14.6. The molecule has 0 saturated heterocycles. The van der Waals surface area contributed by atoms with Crippen molar-refractivity contribution < 1.29 is 18.3 Å². The maximum absolute atomic E-state index is 15.9. The van der Waals surface area contributed by atoms with Crippen molar-refractivity contribution in [2.24, 2.45) is 4.99 Å². The maximum Gasteiger partial charge on any atom is 0.293 e. The summed E-state index contributed by atoms with van der Waals surface area (Å²) in [7, 11) is 0. The highest BCUT2D eigenvalue weighted by molar-refractivity contribution is 7.99. The van der Waals surface area contributed by atoms with Gasteiger partial charge in [-0.3, -0.25) is 0 Å². The summed E-state index contributed by atoms with van der Waals surface area (Å²) in [6, 6.07) is 11.6. The predicted octanol–water partition coefficient (Wildman–Crippen LogP) is 5.78. The zero-order valence-corrected chi connectivity index (χ0v) is 18.2. The Labute approximate surface area is 182 Å². The number of aliphatic hydroxyl groups is 1. The average molecular weight is 446 g/mol. The van der Waals surface area contributed by atoms with E-state index in [1.807, 2.05) is 0 Å². The molecular formula is C23H22F3N3OS. The number of hydrogen-bond donors (Lipinski definition) is 1. The van der Waals surface area contributed by atoms with Gasteiger partial charge in [0.05, 0.1) is 16.6 Å². The fourth-order valence-corrected chi connectivity index (χ4v) is 5.34. The lowest BCUT2D eigenvalue weighted by Crippen LogP contribution is -2.61. The molecule has 4 rings (SSSR count). The van der Waals surface area contributed by atoms with E-state index in [2.05, 4.69) is 15.0 Å². The largest absolute Gasteiger partial charge is 0.376 e. The summed E-state index contributed by atoms with van der Waals surface area (Å²) in [5.74, 6) is -4.42. The smallest absolute Gasteiger partial charge is 0.293 e. The summed E-state index contributed by atoms with van der Waals surface area (Å²) >= 11 is 1.48. The van der Waals surface area contributed by atoms with Gasteiger partial charge in [-0.15, -0.1) is 11.8 Å². The second-order valence-corrected chi connectivity index (χ2v) is 9.24. The lowest BCUT2D eigenvalue weighted by molar-refractivity contribution is -0.183. The summed E-state index contributed by atoms with van der Waals surface area (Å²) < 4.78 is 47.0. The number of halogens is 3. The SMILES string of the molecule is Cc1ncc2c(N=C(F)C(C)(O)C(F)(F)C3(C)CCSc4ccccc43)cccc2n1. The minimum absolute atomic E-state index is 0.0795. The molecule has 0 radical (unpaired) electrons. The molecule has 2 unspecified atom stereocenters. The van der Waals surface area contributed by atoms with Gasteiger partial charge in [0.1, 0.15) is 5.82 Å². The van der Waals surface area contributed by atoms with E-state index in [-0.39, 0.29) is 12.1 Å². The summed E-state index contributed by atoms with van der Waals surface area (Å²) in [4.78, 5) is 12.8. The van der Waals surface area contributed by atoms with E-state index in [4.69, 9.17) is 0 Å². The van der Waals surface area contributed by atoms with Crippen LogP contribution in [0.3, 0.4) is 0 Å². The van der Waals surface area contributed by atoms with Crippen molar-refractivity contribution in [1.82, 2.24) is 9.97 Å².